The van der Waals surface area contributed by atoms with E-state index in [-0.39, 0.29) is 17.3 Å². The van der Waals surface area contributed by atoms with Crippen LogP contribution in [0.25, 0.3) is 0 Å². The summed E-state index contributed by atoms with van der Waals surface area (Å²) >= 11 is 1.32. The first-order valence-electron chi connectivity index (χ1n) is 5.77. The maximum Gasteiger partial charge on any atom is 0.176 e. The summed E-state index contributed by atoms with van der Waals surface area (Å²) in [4.78, 5) is 12.0. The number of Topliss-reactive ketones (excluding diaryl/α,β-unsaturated/α-hetero) is 1. The molecule has 4 nitrogen and oxygen atoms in total. The van der Waals surface area contributed by atoms with Gasteiger partial charge in [0, 0.05) is 12.0 Å². The highest BCUT2D eigenvalue weighted by Crippen LogP contribution is 2.21. The van der Waals surface area contributed by atoms with Crippen LogP contribution in [0.3, 0.4) is 0 Å². The third-order valence-electron chi connectivity index (χ3n) is 2.49. The maximum absolute atomic E-state index is 12.0. The number of thioether (sulfide) groups is 1. The molecule has 19 heavy (non-hydrogen) atoms. The van der Waals surface area contributed by atoms with Gasteiger partial charge in [-0.1, -0.05) is 6.07 Å². The maximum atomic E-state index is 12.0. The third-order valence-corrected chi connectivity index (χ3v) is 4.65. The van der Waals surface area contributed by atoms with Crippen LogP contribution in [0, 0.1) is 6.92 Å². The molecule has 0 aliphatic heterocycles. The standard InChI is InChI=1S/C13H18O4S2/c1-10-4-5-11(13(8-10)17-2)12(14)9-18-6-7-19(3,15)16/h4-5,8H,6-7,9H2,1-3H3. The zero-order valence-corrected chi connectivity index (χ0v) is 12.9. The van der Waals surface area contributed by atoms with E-state index >= 15 is 0 Å². The lowest BCUT2D eigenvalue weighted by atomic mass is 10.1. The Bertz CT molecular complexity index is 550. The molecule has 0 radical (unpaired) electrons. The van der Waals surface area contributed by atoms with Gasteiger partial charge in [-0.05, 0) is 24.6 Å². The Morgan fingerprint density at radius 2 is 2.05 bits per heavy atom. The average Bonchev–Trinajstić information content (AvgIpc) is 2.33. The van der Waals surface area contributed by atoms with Crippen LogP contribution in [-0.4, -0.2) is 44.8 Å². The zero-order valence-electron chi connectivity index (χ0n) is 11.3. The summed E-state index contributed by atoms with van der Waals surface area (Å²) in [6.07, 6.45) is 1.19. The second-order valence-electron chi connectivity index (χ2n) is 4.31. The third kappa shape index (κ3) is 5.65. The summed E-state index contributed by atoms with van der Waals surface area (Å²) in [5.41, 5.74) is 1.57. The minimum absolute atomic E-state index is 0.0460. The molecule has 0 fully saturated rings. The van der Waals surface area contributed by atoms with Crippen molar-refractivity contribution in [1.29, 1.82) is 0 Å². The number of hydrogen-bond acceptors (Lipinski definition) is 5. The highest BCUT2D eigenvalue weighted by atomic mass is 32.2. The number of benzene rings is 1. The van der Waals surface area contributed by atoms with Gasteiger partial charge in [0.1, 0.15) is 15.6 Å². The van der Waals surface area contributed by atoms with E-state index in [1.807, 2.05) is 19.1 Å². The van der Waals surface area contributed by atoms with Gasteiger partial charge in [0.05, 0.1) is 24.2 Å². The molecular formula is C13H18O4S2. The number of hydrogen-bond donors (Lipinski definition) is 0. The van der Waals surface area contributed by atoms with Gasteiger partial charge < -0.3 is 4.74 Å². The minimum Gasteiger partial charge on any atom is -0.496 e. The Labute approximate surface area is 118 Å². The molecule has 0 spiro atoms. The molecule has 0 aromatic heterocycles. The Morgan fingerprint density at radius 3 is 2.63 bits per heavy atom. The predicted molar refractivity (Wildman–Crippen MR) is 79.1 cm³/mol. The van der Waals surface area contributed by atoms with E-state index in [1.165, 1.54) is 25.1 Å². The summed E-state index contributed by atoms with van der Waals surface area (Å²) in [5.74, 6) is 1.30. The summed E-state index contributed by atoms with van der Waals surface area (Å²) in [6.45, 7) is 1.93. The molecule has 0 aliphatic carbocycles. The monoisotopic (exact) mass is 302 g/mol. The summed E-state index contributed by atoms with van der Waals surface area (Å²) in [5, 5.41) is 0. The van der Waals surface area contributed by atoms with Crippen LogP contribution >= 0.6 is 11.8 Å². The molecule has 1 rings (SSSR count). The van der Waals surface area contributed by atoms with Crippen molar-refractivity contribution >= 4 is 27.4 Å². The molecule has 1 aromatic carbocycles. The molecular weight excluding hydrogens is 284 g/mol. The van der Waals surface area contributed by atoms with Gasteiger partial charge in [0.2, 0.25) is 0 Å². The molecule has 0 amide bonds. The van der Waals surface area contributed by atoms with Crippen molar-refractivity contribution < 1.29 is 17.9 Å². The van der Waals surface area contributed by atoms with Gasteiger partial charge >= 0.3 is 0 Å². The van der Waals surface area contributed by atoms with E-state index < -0.39 is 9.84 Å². The van der Waals surface area contributed by atoms with Gasteiger partial charge in [-0.3, -0.25) is 4.79 Å². The summed E-state index contributed by atoms with van der Waals surface area (Å²) in [7, 11) is -1.43. The van der Waals surface area contributed by atoms with Crippen molar-refractivity contribution in [1.82, 2.24) is 0 Å². The van der Waals surface area contributed by atoms with Crippen LogP contribution in [0.15, 0.2) is 18.2 Å². The molecule has 0 saturated heterocycles. The first-order chi connectivity index (χ1) is 8.83. The van der Waals surface area contributed by atoms with Crippen LogP contribution in [0.2, 0.25) is 0 Å². The van der Waals surface area contributed by atoms with E-state index in [2.05, 4.69) is 0 Å². The lowest BCUT2D eigenvalue weighted by Crippen LogP contribution is -2.09. The minimum atomic E-state index is -2.96. The summed E-state index contributed by atoms with van der Waals surface area (Å²) in [6, 6.07) is 5.42. The van der Waals surface area contributed by atoms with E-state index in [9.17, 15) is 13.2 Å². The van der Waals surface area contributed by atoms with Crippen molar-refractivity contribution in [3.05, 3.63) is 29.3 Å². The lowest BCUT2D eigenvalue weighted by Gasteiger charge is -2.08. The van der Waals surface area contributed by atoms with Crippen molar-refractivity contribution in [2.75, 3.05) is 30.6 Å². The van der Waals surface area contributed by atoms with Crippen molar-refractivity contribution in [3.63, 3.8) is 0 Å². The Morgan fingerprint density at radius 1 is 1.37 bits per heavy atom. The van der Waals surface area contributed by atoms with Crippen molar-refractivity contribution in [3.8, 4) is 5.75 Å². The Kier molecular flexibility index (Phi) is 5.87. The normalized spacial score (nSPS) is 11.3. The molecule has 0 saturated carbocycles. The number of ketones is 1. The highest BCUT2D eigenvalue weighted by Gasteiger charge is 2.12. The van der Waals surface area contributed by atoms with Crippen molar-refractivity contribution in [2.45, 2.75) is 6.92 Å². The van der Waals surface area contributed by atoms with Gasteiger partial charge in [0.15, 0.2) is 5.78 Å². The number of carbonyl (C=O) groups excluding carboxylic acids is 1. The Hall–Kier alpha value is -1.01. The van der Waals surface area contributed by atoms with Crippen LogP contribution in [0.4, 0.5) is 0 Å². The number of sulfone groups is 1. The van der Waals surface area contributed by atoms with Gasteiger partial charge in [-0.15, -0.1) is 0 Å². The topological polar surface area (TPSA) is 60.4 Å². The number of ether oxygens (including phenoxy) is 1. The van der Waals surface area contributed by atoms with Gasteiger partial charge in [-0.2, -0.15) is 11.8 Å². The first-order valence-corrected chi connectivity index (χ1v) is 8.98. The largest absolute Gasteiger partial charge is 0.496 e. The van der Waals surface area contributed by atoms with Gasteiger partial charge in [-0.25, -0.2) is 8.42 Å². The Balaban J connectivity index is 2.59. The number of methoxy groups -OCH3 is 1. The predicted octanol–water partition coefficient (Wildman–Crippen LogP) is 1.96. The van der Waals surface area contributed by atoms with Crippen LogP contribution < -0.4 is 4.74 Å². The smallest absolute Gasteiger partial charge is 0.176 e. The molecule has 0 aliphatic rings. The highest BCUT2D eigenvalue weighted by molar-refractivity contribution is 8.01. The lowest BCUT2D eigenvalue weighted by molar-refractivity contribution is 0.101. The number of aryl methyl sites for hydroxylation is 1. The molecule has 0 unspecified atom stereocenters. The molecule has 0 atom stereocenters. The molecule has 106 valence electrons. The fourth-order valence-electron chi connectivity index (χ4n) is 1.48. The molecule has 6 heteroatoms. The molecule has 0 bridgehead atoms. The first kappa shape index (κ1) is 16.0. The van der Waals surface area contributed by atoms with E-state index in [4.69, 9.17) is 4.74 Å². The zero-order chi connectivity index (χ0) is 14.5. The van der Waals surface area contributed by atoms with E-state index in [0.717, 1.165) is 5.56 Å². The molecule has 0 N–H and O–H groups in total. The quantitative estimate of drug-likeness (QED) is 0.569. The molecule has 1 aromatic rings. The molecule has 0 heterocycles. The number of carbonyl (C=O) groups is 1. The van der Waals surface area contributed by atoms with Crippen LogP contribution in [-0.2, 0) is 9.84 Å². The summed E-state index contributed by atoms with van der Waals surface area (Å²) < 4.78 is 27.1. The second kappa shape index (κ2) is 6.96. The average molecular weight is 302 g/mol. The number of rotatable bonds is 7. The SMILES string of the molecule is COc1cc(C)ccc1C(=O)CSCCS(C)(=O)=O. The van der Waals surface area contributed by atoms with E-state index in [1.54, 1.807) is 6.07 Å². The van der Waals surface area contributed by atoms with Crippen LogP contribution in [0.5, 0.6) is 5.75 Å². The van der Waals surface area contributed by atoms with Gasteiger partial charge in [0.25, 0.3) is 0 Å². The second-order valence-corrected chi connectivity index (χ2v) is 7.67. The van der Waals surface area contributed by atoms with Crippen molar-refractivity contribution in [2.24, 2.45) is 0 Å². The van der Waals surface area contributed by atoms with Crippen LogP contribution in [0.1, 0.15) is 15.9 Å². The fraction of sp³-hybridized carbons (Fsp3) is 0.462. The fourth-order valence-corrected chi connectivity index (χ4v) is 3.65. The van der Waals surface area contributed by atoms with E-state index in [0.29, 0.717) is 17.1 Å².